The van der Waals surface area contributed by atoms with Gasteiger partial charge < -0.3 is 4.74 Å². The van der Waals surface area contributed by atoms with Crippen LogP contribution in [0.4, 0.5) is 10.5 Å². The van der Waals surface area contributed by atoms with Crippen LogP contribution in [0.3, 0.4) is 0 Å². The van der Waals surface area contributed by atoms with Gasteiger partial charge >= 0.3 is 6.09 Å². The molecule has 5 heteroatoms. The lowest BCUT2D eigenvalue weighted by atomic mass is 10.2. The summed E-state index contributed by atoms with van der Waals surface area (Å²) in [4.78, 5) is 18.2. The summed E-state index contributed by atoms with van der Waals surface area (Å²) in [5, 5.41) is 0. The van der Waals surface area contributed by atoms with Gasteiger partial charge in [0.1, 0.15) is 5.60 Å². The Balaban J connectivity index is 2.27. The Bertz CT molecular complexity index is 621. The molecule has 0 radical (unpaired) electrons. The van der Waals surface area contributed by atoms with Crippen molar-refractivity contribution in [2.24, 2.45) is 0 Å². The highest BCUT2D eigenvalue weighted by molar-refractivity contribution is 9.10. The molecule has 2 aromatic rings. The molecule has 1 aromatic carbocycles. The normalized spacial score (nSPS) is 11.1. The number of anilines is 1. The fraction of sp³-hybridized carbons (Fsp3) is 0.294. The molecule has 1 amide bonds. The number of amides is 1. The van der Waals surface area contributed by atoms with Crippen molar-refractivity contribution in [2.75, 3.05) is 4.90 Å². The molecule has 2 rings (SSSR count). The summed E-state index contributed by atoms with van der Waals surface area (Å²) in [5.41, 5.74) is 1.18. The maximum atomic E-state index is 12.5. The van der Waals surface area contributed by atoms with Crippen molar-refractivity contribution in [3.63, 3.8) is 0 Å². The van der Waals surface area contributed by atoms with E-state index >= 15 is 0 Å². The first kappa shape index (κ1) is 16.5. The quantitative estimate of drug-likeness (QED) is 0.788. The van der Waals surface area contributed by atoms with Gasteiger partial charge in [-0.3, -0.25) is 9.88 Å². The predicted octanol–water partition coefficient (Wildman–Crippen LogP) is 4.79. The van der Waals surface area contributed by atoms with E-state index in [-0.39, 0.29) is 6.09 Å². The van der Waals surface area contributed by atoms with Crippen LogP contribution in [-0.2, 0) is 11.3 Å². The average Bonchev–Trinajstić information content (AvgIpc) is 2.45. The Morgan fingerprint density at radius 3 is 2.45 bits per heavy atom. The number of hydrogen-bond acceptors (Lipinski definition) is 3. The fourth-order valence-corrected chi connectivity index (χ4v) is 2.14. The number of ether oxygens (including phenoxy) is 1. The second-order valence-electron chi connectivity index (χ2n) is 5.90. The van der Waals surface area contributed by atoms with E-state index in [1.807, 2.05) is 57.2 Å². The molecule has 1 aromatic heterocycles. The summed E-state index contributed by atoms with van der Waals surface area (Å²) in [5.74, 6) is 0. The molecule has 0 aliphatic heterocycles. The highest BCUT2D eigenvalue weighted by Gasteiger charge is 2.23. The molecule has 1 heterocycles. The number of aromatic nitrogens is 1. The molecular formula is C17H19BrN2O2. The summed E-state index contributed by atoms with van der Waals surface area (Å²) in [6, 6.07) is 11.3. The van der Waals surface area contributed by atoms with Crippen LogP contribution in [0.25, 0.3) is 0 Å². The first-order valence-corrected chi connectivity index (χ1v) is 7.79. The average molecular weight is 363 g/mol. The highest BCUT2D eigenvalue weighted by Crippen LogP contribution is 2.22. The molecule has 0 saturated heterocycles. The van der Waals surface area contributed by atoms with E-state index in [1.165, 1.54) is 0 Å². The van der Waals surface area contributed by atoms with Crippen molar-refractivity contribution in [2.45, 2.75) is 32.9 Å². The number of nitrogens with zero attached hydrogens (tertiary/aromatic N) is 2. The number of benzene rings is 1. The molecule has 0 N–H and O–H groups in total. The van der Waals surface area contributed by atoms with Crippen LogP contribution >= 0.6 is 15.9 Å². The van der Waals surface area contributed by atoms with Crippen LogP contribution in [0.2, 0.25) is 0 Å². The second kappa shape index (κ2) is 6.92. The van der Waals surface area contributed by atoms with Gasteiger partial charge in [-0.05, 0) is 56.7 Å². The Labute approximate surface area is 139 Å². The zero-order valence-electron chi connectivity index (χ0n) is 12.9. The minimum absolute atomic E-state index is 0.376. The SMILES string of the molecule is CC(C)(C)OC(=O)N(Cc1cccnc1)c1ccc(Br)cc1. The molecule has 116 valence electrons. The van der Waals surface area contributed by atoms with Gasteiger partial charge in [-0.25, -0.2) is 4.79 Å². The highest BCUT2D eigenvalue weighted by atomic mass is 79.9. The molecule has 0 aliphatic rings. The van der Waals surface area contributed by atoms with Crippen molar-refractivity contribution >= 4 is 27.7 Å². The first-order valence-electron chi connectivity index (χ1n) is 7.00. The standard InChI is InChI=1S/C17H19BrN2O2/c1-17(2,3)22-16(21)20(12-13-5-4-10-19-11-13)15-8-6-14(18)7-9-15/h4-11H,12H2,1-3H3. The van der Waals surface area contributed by atoms with Gasteiger partial charge in [0.05, 0.1) is 6.54 Å². The lowest BCUT2D eigenvalue weighted by Gasteiger charge is -2.27. The third kappa shape index (κ3) is 4.84. The van der Waals surface area contributed by atoms with Crippen LogP contribution < -0.4 is 4.90 Å². The van der Waals surface area contributed by atoms with E-state index in [4.69, 9.17) is 4.74 Å². The van der Waals surface area contributed by atoms with Crippen molar-refractivity contribution in [1.82, 2.24) is 4.98 Å². The molecule has 0 unspecified atom stereocenters. The Morgan fingerprint density at radius 2 is 1.91 bits per heavy atom. The van der Waals surface area contributed by atoms with Crippen LogP contribution in [0.15, 0.2) is 53.3 Å². The molecule has 0 aliphatic carbocycles. The zero-order chi connectivity index (χ0) is 16.2. The summed E-state index contributed by atoms with van der Waals surface area (Å²) >= 11 is 3.40. The predicted molar refractivity (Wildman–Crippen MR) is 90.8 cm³/mol. The minimum Gasteiger partial charge on any atom is -0.443 e. The van der Waals surface area contributed by atoms with Crippen LogP contribution in [-0.4, -0.2) is 16.7 Å². The van der Waals surface area contributed by atoms with E-state index in [9.17, 15) is 4.79 Å². The smallest absolute Gasteiger partial charge is 0.415 e. The zero-order valence-corrected chi connectivity index (χ0v) is 14.5. The van der Waals surface area contributed by atoms with Crippen molar-refractivity contribution in [1.29, 1.82) is 0 Å². The second-order valence-corrected chi connectivity index (χ2v) is 6.82. The van der Waals surface area contributed by atoms with Gasteiger partial charge in [0.15, 0.2) is 0 Å². The van der Waals surface area contributed by atoms with E-state index in [0.717, 1.165) is 15.7 Å². The summed E-state index contributed by atoms with van der Waals surface area (Å²) in [7, 11) is 0. The Hall–Kier alpha value is -1.88. The number of halogens is 1. The monoisotopic (exact) mass is 362 g/mol. The van der Waals surface area contributed by atoms with Crippen molar-refractivity contribution in [3.8, 4) is 0 Å². The molecule has 0 bridgehead atoms. The largest absolute Gasteiger partial charge is 0.443 e. The third-order valence-electron chi connectivity index (χ3n) is 2.82. The van der Waals surface area contributed by atoms with Gasteiger partial charge in [-0.15, -0.1) is 0 Å². The number of rotatable bonds is 3. The van der Waals surface area contributed by atoms with E-state index in [0.29, 0.717) is 6.54 Å². The number of carbonyl (C=O) groups is 1. The van der Waals surface area contributed by atoms with Gasteiger partial charge in [0.25, 0.3) is 0 Å². The number of carbonyl (C=O) groups excluding carboxylic acids is 1. The molecule has 0 saturated carbocycles. The van der Waals surface area contributed by atoms with Crippen molar-refractivity contribution in [3.05, 3.63) is 58.8 Å². The molecular weight excluding hydrogens is 344 g/mol. The van der Waals surface area contributed by atoms with Gasteiger partial charge in [-0.1, -0.05) is 22.0 Å². The molecule has 0 fully saturated rings. The van der Waals surface area contributed by atoms with Crippen LogP contribution in [0.1, 0.15) is 26.3 Å². The van der Waals surface area contributed by atoms with E-state index < -0.39 is 5.60 Å². The molecule has 22 heavy (non-hydrogen) atoms. The summed E-state index contributed by atoms with van der Waals surface area (Å²) in [6.07, 6.45) is 3.08. The van der Waals surface area contributed by atoms with Crippen molar-refractivity contribution < 1.29 is 9.53 Å². The third-order valence-corrected chi connectivity index (χ3v) is 3.34. The Morgan fingerprint density at radius 1 is 1.23 bits per heavy atom. The number of pyridine rings is 1. The summed E-state index contributed by atoms with van der Waals surface area (Å²) < 4.78 is 6.47. The van der Waals surface area contributed by atoms with Crippen LogP contribution in [0, 0.1) is 0 Å². The van der Waals surface area contributed by atoms with E-state index in [2.05, 4.69) is 20.9 Å². The molecule has 0 spiro atoms. The van der Waals surface area contributed by atoms with Crippen LogP contribution in [0.5, 0.6) is 0 Å². The fourth-order valence-electron chi connectivity index (χ4n) is 1.87. The maximum absolute atomic E-state index is 12.5. The maximum Gasteiger partial charge on any atom is 0.415 e. The molecule has 0 atom stereocenters. The topological polar surface area (TPSA) is 42.4 Å². The lowest BCUT2D eigenvalue weighted by molar-refractivity contribution is 0.0577. The van der Waals surface area contributed by atoms with Gasteiger partial charge in [0.2, 0.25) is 0 Å². The first-order chi connectivity index (χ1) is 10.3. The number of hydrogen-bond donors (Lipinski definition) is 0. The molecule has 4 nitrogen and oxygen atoms in total. The Kier molecular flexibility index (Phi) is 5.19. The summed E-state index contributed by atoms with van der Waals surface area (Å²) in [6.45, 7) is 5.97. The lowest BCUT2D eigenvalue weighted by Crippen LogP contribution is -2.36. The van der Waals surface area contributed by atoms with E-state index in [1.54, 1.807) is 17.3 Å². The van der Waals surface area contributed by atoms with Gasteiger partial charge in [-0.2, -0.15) is 0 Å². The van der Waals surface area contributed by atoms with Gasteiger partial charge in [0, 0.05) is 22.6 Å². The minimum atomic E-state index is -0.542.